The summed E-state index contributed by atoms with van der Waals surface area (Å²) in [5.74, 6) is 0.424. The second-order valence-corrected chi connectivity index (χ2v) is 7.06. The van der Waals surface area contributed by atoms with Gasteiger partial charge in [-0.2, -0.15) is 0 Å². The summed E-state index contributed by atoms with van der Waals surface area (Å²) >= 11 is 1.30. The number of nitrogen functional groups attached to an aromatic ring is 1. The van der Waals surface area contributed by atoms with Crippen molar-refractivity contribution in [3.05, 3.63) is 59.2 Å². The molecular weight excluding hydrogens is 346 g/mol. The van der Waals surface area contributed by atoms with E-state index in [4.69, 9.17) is 5.73 Å². The van der Waals surface area contributed by atoms with Gasteiger partial charge in [0.1, 0.15) is 0 Å². The summed E-state index contributed by atoms with van der Waals surface area (Å²) in [5, 5.41) is 11.6. The van der Waals surface area contributed by atoms with E-state index in [-0.39, 0.29) is 11.7 Å². The zero-order valence-corrected chi connectivity index (χ0v) is 15.8. The smallest absolute Gasteiger partial charge is 0.234 e. The van der Waals surface area contributed by atoms with Crippen LogP contribution >= 0.6 is 11.8 Å². The van der Waals surface area contributed by atoms with Gasteiger partial charge < -0.3 is 11.1 Å². The fourth-order valence-corrected chi connectivity index (χ4v) is 3.64. The van der Waals surface area contributed by atoms with Gasteiger partial charge in [-0.3, -0.25) is 9.36 Å². The molecule has 0 fully saturated rings. The molecule has 0 saturated heterocycles. The number of para-hydroxylation sites is 1. The number of anilines is 2. The third kappa shape index (κ3) is 3.88. The van der Waals surface area contributed by atoms with Crippen molar-refractivity contribution >= 4 is 29.3 Å². The first kappa shape index (κ1) is 18.0. The molecule has 7 heteroatoms. The van der Waals surface area contributed by atoms with E-state index in [1.54, 1.807) is 4.57 Å². The van der Waals surface area contributed by atoms with Gasteiger partial charge in [0.15, 0.2) is 5.16 Å². The van der Waals surface area contributed by atoms with Crippen molar-refractivity contribution in [2.24, 2.45) is 0 Å². The van der Waals surface area contributed by atoms with Gasteiger partial charge in [0, 0.05) is 5.69 Å². The lowest BCUT2D eigenvalue weighted by atomic mass is 10.1. The molecular formula is C19H21N5OS. The first-order valence-electron chi connectivity index (χ1n) is 8.22. The van der Waals surface area contributed by atoms with Crippen LogP contribution in [0, 0.1) is 20.8 Å². The molecule has 6 nitrogen and oxygen atoms in total. The first-order valence-corrected chi connectivity index (χ1v) is 9.21. The molecule has 1 aromatic heterocycles. The number of aryl methyl sites for hydroxylation is 3. The Balaban J connectivity index is 1.72. The molecule has 0 aliphatic carbocycles. The molecule has 134 valence electrons. The lowest BCUT2D eigenvalue weighted by molar-refractivity contribution is -0.113. The van der Waals surface area contributed by atoms with Crippen LogP contribution in [0.25, 0.3) is 5.69 Å². The third-order valence-corrected chi connectivity index (χ3v) is 4.88. The van der Waals surface area contributed by atoms with Crippen molar-refractivity contribution in [1.29, 1.82) is 0 Å². The average Bonchev–Trinajstić information content (AvgIpc) is 2.97. The van der Waals surface area contributed by atoms with Gasteiger partial charge in [0.05, 0.1) is 11.4 Å². The minimum Gasteiger partial charge on any atom is -0.368 e. The molecule has 0 aliphatic rings. The number of benzene rings is 2. The topological polar surface area (TPSA) is 85.8 Å². The van der Waals surface area contributed by atoms with Crippen LogP contribution in [0.4, 0.5) is 11.6 Å². The average molecular weight is 367 g/mol. The van der Waals surface area contributed by atoms with Crippen molar-refractivity contribution in [3.8, 4) is 5.69 Å². The van der Waals surface area contributed by atoms with Crippen LogP contribution in [-0.2, 0) is 4.79 Å². The van der Waals surface area contributed by atoms with Crippen molar-refractivity contribution in [1.82, 2.24) is 14.8 Å². The number of aromatic nitrogens is 3. The second kappa shape index (κ2) is 7.61. The minimum atomic E-state index is -0.0914. The molecule has 0 spiro atoms. The number of carbonyl (C=O) groups is 1. The Morgan fingerprint density at radius 2 is 1.77 bits per heavy atom. The number of nitrogens with two attached hydrogens (primary N) is 1. The molecule has 0 aliphatic heterocycles. The minimum absolute atomic E-state index is 0.0914. The highest BCUT2D eigenvalue weighted by Crippen LogP contribution is 2.25. The largest absolute Gasteiger partial charge is 0.368 e. The summed E-state index contributed by atoms with van der Waals surface area (Å²) < 4.78 is 1.74. The van der Waals surface area contributed by atoms with Crippen LogP contribution in [0.15, 0.2) is 47.6 Å². The normalized spacial score (nSPS) is 10.7. The Morgan fingerprint density at radius 3 is 2.42 bits per heavy atom. The summed E-state index contributed by atoms with van der Waals surface area (Å²) in [5.41, 5.74) is 10.9. The molecule has 3 N–H and O–H groups in total. The van der Waals surface area contributed by atoms with E-state index in [0.29, 0.717) is 11.1 Å². The number of hydrogen-bond acceptors (Lipinski definition) is 5. The molecule has 1 amide bonds. The summed E-state index contributed by atoms with van der Waals surface area (Å²) in [6.07, 6.45) is 0. The summed E-state index contributed by atoms with van der Waals surface area (Å²) in [7, 11) is 0. The van der Waals surface area contributed by atoms with Crippen LogP contribution in [0.5, 0.6) is 0 Å². The highest BCUT2D eigenvalue weighted by atomic mass is 32.2. The van der Waals surface area contributed by atoms with Gasteiger partial charge in [0.25, 0.3) is 0 Å². The Morgan fingerprint density at radius 1 is 1.12 bits per heavy atom. The van der Waals surface area contributed by atoms with Gasteiger partial charge >= 0.3 is 0 Å². The Labute approximate surface area is 156 Å². The Hall–Kier alpha value is -2.80. The van der Waals surface area contributed by atoms with Gasteiger partial charge in [-0.15, -0.1) is 10.2 Å². The van der Waals surface area contributed by atoms with Gasteiger partial charge in [-0.05, 0) is 44.0 Å². The van der Waals surface area contributed by atoms with Crippen molar-refractivity contribution in [3.63, 3.8) is 0 Å². The predicted molar refractivity (Wildman–Crippen MR) is 106 cm³/mol. The van der Waals surface area contributed by atoms with Crippen LogP contribution in [0.2, 0.25) is 0 Å². The van der Waals surface area contributed by atoms with Gasteiger partial charge in [-0.1, -0.05) is 47.7 Å². The van der Waals surface area contributed by atoms with Gasteiger partial charge in [0.2, 0.25) is 11.9 Å². The fraction of sp³-hybridized carbons (Fsp3) is 0.211. The third-order valence-electron chi connectivity index (χ3n) is 3.95. The molecule has 3 aromatic rings. The number of rotatable bonds is 5. The quantitative estimate of drug-likeness (QED) is 0.674. The zero-order chi connectivity index (χ0) is 18.7. The maximum atomic E-state index is 12.4. The molecule has 0 saturated carbocycles. The standard InChI is InChI=1S/C19H21N5OS/c1-12-9-13(2)17(14(3)10-12)21-16(25)11-26-19-23-22-18(20)24(19)15-7-5-4-6-8-15/h4-10H,11H2,1-3H3,(H2,20,22)(H,21,25). The number of nitrogens with zero attached hydrogens (tertiary/aromatic N) is 3. The maximum Gasteiger partial charge on any atom is 0.234 e. The first-order chi connectivity index (χ1) is 12.5. The molecule has 2 aromatic carbocycles. The van der Waals surface area contributed by atoms with E-state index in [1.165, 1.54) is 17.3 Å². The Bertz CT molecular complexity index is 913. The van der Waals surface area contributed by atoms with E-state index in [0.717, 1.165) is 22.5 Å². The van der Waals surface area contributed by atoms with Crippen LogP contribution in [0.1, 0.15) is 16.7 Å². The zero-order valence-electron chi connectivity index (χ0n) is 15.0. The molecule has 0 atom stereocenters. The van der Waals surface area contributed by atoms with Crippen molar-refractivity contribution in [2.45, 2.75) is 25.9 Å². The van der Waals surface area contributed by atoms with E-state index in [2.05, 4.69) is 27.6 Å². The fourth-order valence-electron chi connectivity index (χ4n) is 2.88. The molecule has 26 heavy (non-hydrogen) atoms. The summed E-state index contributed by atoms with van der Waals surface area (Å²) in [6.45, 7) is 6.03. The lowest BCUT2D eigenvalue weighted by Crippen LogP contribution is -2.16. The number of amides is 1. The maximum absolute atomic E-state index is 12.4. The summed E-state index contributed by atoms with van der Waals surface area (Å²) in [4.78, 5) is 12.4. The number of nitrogens with one attached hydrogen (secondary N) is 1. The van der Waals surface area contributed by atoms with E-state index in [1.807, 2.05) is 51.1 Å². The molecule has 0 radical (unpaired) electrons. The molecule has 3 rings (SSSR count). The molecule has 0 unspecified atom stereocenters. The van der Waals surface area contributed by atoms with E-state index >= 15 is 0 Å². The van der Waals surface area contributed by atoms with Crippen LogP contribution in [0.3, 0.4) is 0 Å². The SMILES string of the molecule is Cc1cc(C)c(NC(=O)CSc2nnc(N)n2-c2ccccc2)c(C)c1. The van der Waals surface area contributed by atoms with Crippen molar-refractivity contribution < 1.29 is 4.79 Å². The molecule has 1 heterocycles. The molecule has 0 bridgehead atoms. The predicted octanol–water partition coefficient (Wildman–Crippen LogP) is 3.51. The van der Waals surface area contributed by atoms with E-state index in [9.17, 15) is 4.79 Å². The Kier molecular flexibility index (Phi) is 5.27. The monoisotopic (exact) mass is 367 g/mol. The van der Waals surface area contributed by atoms with Gasteiger partial charge in [-0.25, -0.2) is 0 Å². The number of thioether (sulfide) groups is 1. The highest BCUT2D eigenvalue weighted by molar-refractivity contribution is 7.99. The van der Waals surface area contributed by atoms with Crippen LogP contribution in [-0.4, -0.2) is 26.4 Å². The number of hydrogen-bond donors (Lipinski definition) is 2. The van der Waals surface area contributed by atoms with Crippen molar-refractivity contribution in [2.75, 3.05) is 16.8 Å². The summed E-state index contributed by atoms with van der Waals surface area (Å²) in [6, 6.07) is 13.7. The second-order valence-electron chi connectivity index (χ2n) is 6.12. The van der Waals surface area contributed by atoms with E-state index < -0.39 is 0 Å². The van der Waals surface area contributed by atoms with Crippen LogP contribution < -0.4 is 11.1 Å². The lowest BCUT2D eigenvalue weighted by Gasteiger charge is -2.13. The highest BCUT2D eigenvalue weighted by Gasteiger charge is 2.15. The number of carbonyl (C=O) groups excluding carboxylic acids is 1.